The number of carbonyl (C=O) groups excluding carboxylic acids is 4. The summed E-state index contributed by atoms with van der Waals surface area (Å²) in [5.74, 6) is -0.361. The van der Waals surface area contributed by atoms with E-state index in [0.717, 1.165) is 101 Å². The molecule has 0 spiro atoms. The number of benzene rings is 1. The maximum absolute atomic E-state index is 13.2. The van der Waals surface area contributed by atoms with Gasteiger partial charge in [0.25, 0.3) is 5.91 Å². The molecule has 18 heteroatoms. The molecule has 60 heavy (non-hydrogen) atoms. The van der Waals surface area contributed by atoms with E-state index in [1.54, 1.807) is 28.6 Å². The molecule has 4 aromatic rings. The molecule has 324 valence electrons. The number of nitrogens with zero attached hydrogens (tertiary/aromatic N) is 7. The normalized spacial score (nSPS) is 20.2. The number of amides is 4. The summed E-state index contributed by atoms with van der Waals surface area (Å²) in [5.41, 5.74) is 3.72. The highest BCUT2D eigenvalue weighted by atomic mass is 16.6. The van der Waals surface area contributed by atoms with Gasteiger partial charge in [-0.15, -0.1) is 0 Å². The maximum atomic E-state index is 13.2. The lowest BCUT2D eigenvalue weighted by Gasteiger charge is -2.34. The lowest BCUT2D eigenvalue weighted by molar-refractivity contribution is -0.135. The van der Waals surface area contributed by atoms with E-state index in [0.29, 0.717) is 43.0 Å². The summed E-state index contributed by atoms with van der Waals surface area (Å²) in [6, 6.07) is 8.83. The third-order valence-corrected chi connectivity index (χ3v) is 11.8. The first-order chi connectivity index (χ1) is 29.0. The summed E-state index contributed by atoms with van der Waals surface area (Å²) in [7, 11) is 1.71. The Morgan fingerprint density at radius 1 is 0.917 bits per heavy atom. The molecule has 2 saturated heterocycles. The number of H-pyrrole nitrogens is 1. The number of nitrogens with one attached hydrogen (secondary N) is 4. The molecule has 5 heterocycles. The lowest BCUT2D eigenvalue weighted by atomic mass is 10.0. The van der Waals surface area contributed by atoms with Crippen molar-refractivity contribution in [2.24, 2.45) is 7.05 Å². The molecule has 1 unspecified atom stereocenters. The largest absolute Gasteiger partial charge is 0.446 e. The van der Waals surface area contributed by atoms with E-state index in [1.807, 2.05) is 38.1 Å². The number of fused-ring (bicyclic) bond motifs is 1. The predicted molar refractivity (Wildman–Crippen MR) is 224 cm³/mol. The fourth-order valence-electron chi connectivity index (χ4n) is 8.53. The number of aryl methyl sites for hydroxylation is 2. The molecule has 3 aromatic heterocycles. The summed E-state index contributed by atoms with van der Waals surface area (Å²) in [6.07, 6.45) is 7.78. The van der Waals surface area contributed by atoms with Crippen LogP contribution in [0.15, 0.2) is 41.3 Å². The van der Waals surface area contributed by atoms with E-state index in [4.69, 9.17) is 9.47 Å². The van der Waals surface area contributed by atoms with Crippen LogP contribution < -0.4 is 21.6 Å². The van der Waals surface area contributed by atoms with Gasteiger partial charge in [0.05, 0.1) is 17.6 Å². The molecule has 1 aliphatic carbocycles. The Morgan fingerprint density at radius 3 is 2.48 bits per heavy atom. The molecular weight excluding hydrogens is 771 g/mol. The fraction of sp³-hybridized carbons (Fsp3) is 0.595. The zero-order chi connectivity index (χ0) is 42.2. The summed E-state index contributed by atoms with van der Waals surface area (Å²) in [4.78, 5) is 67.3. The standard InChI is InChI=1S/C42H59N11O7/c1-28(2)44-41(57)60-31-10-9-30(26-31)32-27-37(48-47-32)45-39(55)34-14-15-43-52(34)22-21-51-19-17-50(18-20-51)16-4-5-23-59-24-6-7-29-8-11-33-36(25-29)49(3)42(58)53(33)35-12-13-38(54)46-40(35)56/h8,11,14-15,25,27-28,30-31,35H,4-7,9-10,12-13,16-24,26H2,1-3H3,(H,44,57)(H,46,54,56)(H2,45,47,48,55)/t30-,31+,35?/m0/s1. The van der Waals surface area contributed by atoms with Crippen LogP contribution in [0.1, 0.15) is 98.9 Å². The molecular formula is C42H59N11O7. The number of carbonyl (C=O) groups is 4. The number of ether oxygens (including phenoxy) is 2. The van der Waals surface area contributed by atoms with E-state index in [2.05, 4.69) is 41.0 Å². The smallest absolute Gasteiger partial charge is 0.407 e. The first-order valence-corrected chi connectivity index (χ1v) is 21.4. The van der Waals surface area contributed by atoms with Crippen LogP contribution in [0.3, 0.4) is 0 Å². The number of imide groups is 1. The van der Waals surface area contributed by atoms with Crippen LogP contribution in [0.2, 0.25) is 0 Å². The highest BCUT2D eigenvalue weighted by molar-refractivity contribution is 6.02. The topological polar surface area (TPSA) is 203 Å². The van der Waals surface area contributed by atoms with Crippen LogP contribution in [0.5, 0.6) is 0 Å². The Hall–Kier alpha value is -5.33. The van der Waals surface area contributed by atoms with Gasteiger partial charge in [-0.2, -0.15) is 10.2 Å². The quantitative estimate of drug-likeness (QED) is 0.0847. The molecule has 7 rings (SSSR count). The van der Waals surface area contributed by atoms with Crippen molar-refractivity contribution in [3.05, 3.63) is 64.0 Å². The molecule has 3 aliphatic rings. The predicted octanol–water partition coefficient (Wildman–Crippen LogP) is 3.31. The molecule has 4 amide bonds. The fourth-order valence-corrected chi connectivity index (χ4v) is 8.53. The second kappa shape index (κ2) is 19.8. The summed E-state index contributed by atoms with van der Waals surface area (Å²) >= 11 is 0. The van der Waals surface area contributed by atoms with Crippen LogP contribution >= 0.6 is 0 Å². The van der Waals surface area contributed by atoms with Crippen molar-refractivity contribution in [3.8, 4) is 0 Å². The molecule has 2 aliphatic heterocycles. The van der Waals surface area contributed by atoms with Crippen LogP contribution in [-0.2, 0) is 39.1 Å². The highest BCUT2D eigenvalue weighted by Gasteiger charge is 2.32. The number of aromatic nitrogens is 6. The van der Waals surface area contributed by atoms with Crippen molar-refractivity contribution in [1.29, 1.82) is 0 Å². The Kier molecular flexibility index (Phi) is 14.1. The Labute approximate surface area is 349 Å². The minimum absolute atomic E-state index is 0.0235. The zero-order valence-electron chi connectivity index (χ0n) is 35.0. The molecule has 3 atom stereocenters. The Morgan fingerprint density at radius 2 is 1.70 bits per heavy atom. The SMILES string of the molecule is CC(C)NC(=O)O[C@@H]1CC[C@H](c2cc(NC(=O)c3ccnn3CCN3CCN(CCCCOCCCc4ccc5c(c4)n(C)c(=O)n5C4CCC(=O)NC4=O)CC3)n[nH]2)C1. The first kappa shape index (κ1) is 42.8. The molecule has 0 bridgehead atoms. The van der Waals surface area contributed by atoms with Gasteiger partial charge in [-0.05, 0) is 95.5 Å². The number of piperazine rings is 1. The van der Waals surface area contributed by atoms with Crippen LogP contribution in [0.4, 0.5) is 10.6 Å². The van der Waals surface area contributed by atoms with E-state index < -0.39 is 11.9 Å². The molecule has 3 fully saturated rings. The third-order valence-electron chi connectivity index (χ3n) is 11.8. The lowest BCUT2D eigenvalue weighted by Crippen LogP contribution is -2.47. The second-order valence-corrected chi connectivity index (χ2v) is 16.5. The van der Waals surface area contributed by atoms with Gasteiger partial charge < -0.3 is 25.0 Å². The van der Waals surface area contributed by atoms with Gasteiger partial charge in [-0.1, -0.05) is 6.07 Å². The summed E-state index contributed by atoms with van der Waals surface area (Å²) in [5, 5.41) is 19.8. The van der Waals surface area contributed by atoms with E-state index in [9.17, 15) is 24.0 Å². The molecule has 0 radical (unpaired) electrons. The van der Waals surface area contributed by atoms with Crippen molar-refractivity contribution >= 4 is 40.7 Å². The maximum Gasteiger partial charge on any atom is 0.407 e. The van der Waals surface area contributed by atoms with Crippen molar-refractivity contribution in [3.63, 3.8) is 0 Å². The minimum atomic E-state index is -0.685. The van der Waals surface area contributed by atoms with Crippen LogP contribution in [0.25, 0.3) is 11.0 Å². The second-order valence-electron chi connectivity index (χ2n) is 16.5. The van der Waals surface area contributed by atoms with E-state index in [1.165, 1.54) is 4.57 Å². The van der Waals surface area contributed by atoms with Crippen LogP contribution in [-0.4, -0.2) is 127 Å². The van der Waals surface area contributed by atoms with Gasteiger partial charge in [-0.25, -0.2) is 9.59 Å². The van der Waals surface area contributed by atoms with Crippen molar-refractivity contribution < 1.29 is 28.7 Å². The first-order valence-electron chi connectivity index (χ1n) is 21.4. The van der Waals surface area contributed by atoms with E-state index >= 15 is 0 Å². The molecule has 1 aromatic carbocycles. The summed E-state index contributed by atoms with van der Waals surface area (Å²) in [6.45, 7) is 11.6. The number of anilines is 1. The zero-order valence-corrected chi connectivity index (χ0v) is 35.0. The Balaban J connectivity index is 0.748. The van der Waals surface area contributed by atoms with E-state index in [-0.39, 0.29) is 48.1 Å². The number of hydrogen-bond acceptors (Lipinski definition) is 11. The van der Waals surface area contributed by atoms with Crippen molar-refractivity contribution in [2.45, 2.75) is 102 Å². The number of imidazole rings is 1. The Bertz CT molecular complexity index is 2180. The van der Waals surface area contributed by atoms with Gasteiger partial charge in [0.1, 0.15) is 17.8 Å². The molecule has 4 N–H and O–H groups in total. The van der Waals surface area contributed by atoms with Crippen LogP contribution in [0, 0.1) is 0 Å². The average molecular weight is 830 g/mol. The monoisotopic (exact) mass is 829 g/mol. The number of rotatable bonds is 18. The van der Waals surface area contributed by atoms with Gasteiger partial charge in [0.15, 0.2) is 5.82 Å². The van der Waals surface area contributed by atoms with Gasteiger partial charge in [0.2, 0.25) is 11.8 Å². The minimum Gasteiger partial charge on any atom is -0.446 e. The average Bonchev–Trinajstić information content (AvgIpc) is 4.04. The highest BCUT2D eigenvalue weighted by Crippen LogP contribution is 2.36. The number of hydrogen-bond donors (Lipinski definition) is 4. The van der Waals surface area contributed by atoms with Gasteiger partial charge in [0, 0.05) is 89.3 Å². The molecule has 18 nitrogen and oxygen atoms in total. The third kappa shape index (κ3) is 10.7. The number of unbranched alkanes of at least 4 members (excludes halogenated alkanes) is 1. The van der Waals surface area contributed by atoms with Crippen molar-refractivity contribution in [2.75, 3.05) is 57.8 Å². The molecule has 1 saturated carbocycles. The van der Waals surface area contributed by atoms with Gasteiger partial charge >= 0.3 is 11.8 Å². The summed E-state index contributed by atoms with van der Waals surface area (Å²) < 4.78 is 16.3. The number of piperidine rings is 1. The number of aromatic amines is 1. The number of alkyl carbamates (subject to hydrolysis) is 1. The van der Waals surface area contributed by atoms with Crippen molar-refractivity contribution in [1.82, 2.24) is 49.5 Å². The van der Waals surface area contributed by atoms with Gasteiger partial charge in [-0.3, -0.25) is 43.5 Å².